The molecule has 11 heteroatoms. The normalized spacial score (nSPS) is 15.2. The number of aromatic amines is 1. The Labute approximate surface area is 217 Å². The van der Waals surface area contributed by atoms with Crippen LogP contribution in [-0.4, -0.2) is 62.9 Å². The third kappa shape index (κ3) is 9.02. The van der Waals surface area contributed by atoms with E-state index < -0.39 is 47.9 Å². The molecule has 3 amide bonds. The van der Waals surface area contributed by atoms with Crippen molar-refractivity contribution in [1.82, 2.24) is 25.9 Å². The van der Waals surface area contributed by atoms with Crippen molar-refractivity contribution in [2.75, 3.05) is 0 Å². The van der Waals surface area contributed by atoms with Gasteiger partial charge >= 0.3 is 5.97 Å². The number of carboxylic acids is 1. The van der Waals surface area contributed by atoms with Crippen LogP contribution in [-0.2, 0) is 32.0 Å². The quantitative estimate of drug-likeness (QED) is 0.215. The average molecular weight is 515 g/mol. The summed E-state index contributed by atoms with van der Waals surface area (Å²) in [5.41, 5.74) is 7.52. The summed E-state index contributed by atoms with van der Waals surface area (Å²) in [6, 6.07) is 5.04. The van der Waals surface area contributed by atoms with Crippen molar-refractivity contribution in [2.24, 2.45) is 17.6 Å². The number of rotatable bonds is 14. The number of carboxylic acid groups (broad SMARTS) is 1. The number of H-pyrrole nitrogens is 1. The maximum Gasteiger partial charge on any atom is 0.326 e. The molecule has 0 fully saturated rings. The van der Waals surface area contributed by atoms with Gasteiger partial charge in [0.25, 0.3) is 0 Å². The highest BCUT2D eigenvalue weighted by Gasteiger charge is 2.33. The van der Waals surface area contributed by atoms with Gasteiger partial charge in [0, 0.05) is 24.7 Å². The van der Waals surface area contributed by atoms with Gasteiger partial charge < -0.3 is 31.8 Å². The maximum atomic E-state index is 13.4. The van der Waals surface area contributed by atoms with E-state index in [0.717, 1.165) is 5.56 Å². The van der Waals surface area contributed by atoms with Gasteiger partial charge in [0.05, 0.1) is 12.4 Å². The number of imidazole rings is 1. The summed E-state index contributed by atoms with van der Waals surface area (Å²) in [6.45, 7) is 7.07. The second-order valence-corrected chi connectivity index (χ2v) is 9.58. The smallest absolute Gasteiger partial charge is 0.326 e. The lowest BCUT2D eigenvalue weighted by Gasteiger charge is -2.28. The fourth-order valence-electron chi connectivity index (χ4n) is 3.78. The van der Waals surface area contributed by atoms with Gasteiger partial charge in [0.2, 0.25) is 17.7 Å². The van der Waals surface area contributed by atoms with Gasteiger partial charge in [-0.2, -0.15) is 0 Å². The van der Waals surface area contributed by atoms with E-state index in [0.29, 0.717) is 12.1 Å². The molecule has 0 saturated heterocycles. The molecule has 0 bridgehead atoms. The zero-order chi connectivity index (χ0) is 27.5. The van der Waals surface area contributed by atoms with Gasteiger partial charge in [0.1, 0.15) is 18.1 Å². The SMILES string of the molecule is CCC(C)C(NC(=O)C(N)Cc1cnc[nH]1)C(=O)NC(Cc1ccccc1)C(=O)NC(C(=O)O)C(C)C. The largest absolute Gasteiger partial charge is 0.480 e. The molecule has 0 spiro atoms. The molecule has 5 unspecified atom stereocenters. The van der Waals surface area contributed by atoms with E-state index in [2.05, 4.69) is 25.9 Å². The molecule has 0 aliphatic carbocycles. The monoisotopic (exact) mass is 514 g/mol. The van der Waals surface area contributed by atoms with Crippen LogP contribution in [0.5, 0.6) is 0 Å². The highest BCUT2D eigenvalue weighted by atomic mass is 16.4. The number of carbonyl (C=O) groups excluding carboxylic acids is 3. The molecule has 0 saturated carbocycles. The Morgan fingerprint density at radius 3 is 2.14 bits per heavy atom. The number of carbonyl (C=O) groups is 4. The number of hydrogen-bond acceptors (Lipinski definition) is 6. The Bertz CT molecular complexity index is 1030. The highest BCUT2D eigenvalue weighted by molar-refractivity contribution is 5.94. The van der Waals surface area contributed by atoms with Crippen molar-refractivity contribution in [2.45, 2.75) is 71.1 Å². The van der Waals surface area contributed by atoms with Crippen molar-refractivity contribution in [3.8, 4) is 0 Å². The first-order chi connectivity index (χ1) is 17.5. The van der Waals surface area contributed by atoms with E-state index in [9.17, 15) is 24.3 Å². The zero-order valence-corrected chi connectivity index (χ0v) is 21.7. The summed E-state index contributed by atoms with van der Waals surface area (Å²) >= 11 is 0. The molecular weight excluding hydrogens is 476 g/mol. The molecule has 7 N–H and O–H groups in total. The number of amides is 3. The molecule has 2 aromatic rings. The molecule has 37 heavy (non-hydrogen) atoms. The first kappa shape index (κ1) is 29.5. The number of nitrogens with zero attached hydrogens (tertiary/aromatic N) is 1. The van der Waals surface area contributed by atoms with E-state index in [1.807, 2.05) is 44.2 Å². The van der Waals surface area contributed by atoms with Crippen molar-refractivity contribution in [3.05, 3.63) is 54.1 Å². The predicted molar refractivity (Wildman–Crippen MR) is 138 cm³/mol. The molecule has 2 rings (SSSR count). The molecular formula is C26H38N6O5. The summed E-state index contributed by atoms with van der Waals surface area (Å²) in [4.78, 5) is 57.8. The lowest BCUT2D eigenvalue weighted by atomic mass is 9.96. The van der Waals surface area contributed by atoms with Crippen molar-refractivity contribution < 1.29 is 24.3 Å². The summed E-state index contributed by atoms with van der Waals surface area (Å²) in [7, 11) is 0. The van der Waals surface area contributed by atoms with E-state index in [1.54, 1.807) is 20.0 Å². The van der Waals surface area contributed by atoms with E-state index in [1.165, 1.54) is 6.33 Å². The fourth-order valence-corrected chi connectivity index (χ4v) is 3.78. The Morgan fingerprint density at radius 2 is 1.59 bits per heavy atom. The molecule has 1 aromatic carbocycles. The van der Waals surface area contributed by atoms with Crippen molar-refractivity contribution in [3.63, 3.8) is 0 Å². The fraction of sp³-hybridized carbons (Fsp3) is 0.500. The first-order valence-corrected chi connectivity index (χ1v) is 12.4. The average Bonchev–Trinajstić information content (AvgIpc) is 3.37. The number of nitrogens with two attached hydrogens (primary N) is 1. The predicted octanol–water partition coefficient (Wildman–Crippen LogP) is 0.763. The summed E-state index contributed by atoms with van der Waals surface area (Å²) in [5, 5.41) is 17.5. The summed E-state index contributed by atoms with van der Waals surface area (Å²) in [6.07, 6.45) is 3.99. The lowest BCUT2D eigenvalue weighted by molar-refractivity contribution is -0.143. The molecule has 0 aliphatic rings. The van der Waals surface area contributed by atoms with Crippen LogP contribution in [0, 0.1) is 11.8 Å². The van der Waals surface area contributed by atoms with E-state index in [4.69, 9.17) is 5.73 Å². The minimum absolute atomic E-state index is 0.142. The lowest BCUT2D eigenvalue weighted by Crippen LogP contribution is -2.59. The Hall–Kier alpha value is -3.73. The number of hydrogen-bond donors (Lipinski definition) is 6. The van der Waals surface area contributed by atoms with Gasteiger partial charge in [-0.05, 0) is 17.4 Å². The number of aliphatic carboxylic acids is 1. The Morgan fingerprint density at radius 1 is 0.946 bits per heavy atom. The maximum absolute atomic E-state index is 13.4. The van der Waals surface area contributed by atoms with Gasteiger partial charge in [-0.25, -0.2) is 9.78 Å². The molecule has 1 aromatic heterocycles. The molecule has 0 aliphatic heterocycles. The third-order valence-electron chi connectivity index (χ3n) is 6.27. The second kappa shape index (κ2) is 14.1. The number of benzene rings is 1. The Balaban J connectivity index is 2.21. The summed E-state index contributed by atoms with van der Waals surface area (Å²) in [5.74, 6) is -3.47. The van der Waals surface area contributed by atoms with Crippen molar-refractivity contribution >= 4 is 23.7 Å². The minimum atomic E-state index is -1.16. The molecule has 11 nitrogen and oxygen atoms in total. The van der Waals surface area contributed by atoms with Gasteiger partial charge in [0.15, 0.2) is 0 Å². The molecule has 202 valence electrons. The first-order valence-electron chi connectivity index (χ1n) is 12.4. The van der Waals surface area contributed by atoms with Crippen LogP contribution in [0.2, 0.25) is 0 Å². The minimum Gasteiger partial charge on any atom is -0.480 e. The topological polar surface area (TPSA) is 179 Å². The van der Waals surface area contributed by atoms with Crippen LogP contribution < -0.4 is 21.7 Å². The van der Waals surface area contributed by atoms with Crippen LogP contribution in [0.3, 0.4) is 0 Å². The molecule has 0 radical (unpaired) electrons. The van der Waals surface area contributed by atoms with Crippen LogP contribution in [0.1, 0.15) is 45.4 Å². The van der Waals surface area contributed by atoms with Gasteiger partial charge in [-0.1, -0.05) is 64.4 Å². The van der Waals surface area contributed by atoms with Crippen LogP contribution in [0.4, 0.5) is 0 Å². The zero-order valence-electron chi connectivity index (χ0n) is 21.7. The second-order valence-electron chi connectivity index (χ2n) is 9.58. The van der Waals surface area contributed by atoms with Gasteiger partial charge in [-0.3, -0.25) is 14.4 Å². The standard InChI is InChI=1S/C26H38N6O5/c1-5-16(4)22(32-23(33)19(27)12-18-13-28-14-29-18)25(35)30-20(11-17-9-7-6-8-10-17)24(34)31-21(15(2)3)26(36)37/h6-10,13-16,19-22H,5,11-12,27H2,1-4H3,(H,28,29)(H,30,35)(H,31,34)(H,32,33)(H,36,37). The van der Waals surface area contributed by atoms with Gasteiger partial charge in [-0.15, -0.1) is 0 Å². The van der Waals surface area contributed by atoms with Crippen LogP contribution in [0.15, 0.2) is 42.9 Å². The van der Waals surface area contributed by atoms with Crippen LogP contribution in [0.25, 0.3) is 0 Å². The summed E-state index contributed by atoms with van der Waals surface area (Å²) < 4.78 is 0. The van der Waals surface area contributed by atoms with E-state index >= 15 is 0 Å². The highest BCUT2D eigenvalue weighted by Crippen LogP contribution is 2.12. The third-order valence-corrected chi connectivity index (χ3v) is 6.27. The van der Waals surface area contributed by atoms with E-state index in [-0.39, 0.29) is 24.7 Å². The molecule has 5 atom stereocenters. The van der Waals surface area contributed by atoms with Crippen molar-refractivity contribution in [1.29, 1.82) is 0 Å². The number of nitrogens with one attached hydrogen (secondary N) is 4. The molecule has 1 heterocycles. The van der Waals surface area contributed by atoms with Crippen LogP contribution >= 0.6 is 0 Å². The number of aromatic nitrogens is 2. The Kier molecular flexibility index (Phi) is 11.3.